The molecule has 1 aliphatic heterocycles. The van der Waals surface area contributed by atoms with E-state index in [-0.39, 0.29) is 24.9 Å². The minimum atomic E-state index is -1.73. The van der Waals surface area contributed by atoms with E-state index in [1.54, 1.807) is 11.2 Å². The van der Waals surface area contributed by atoms with Crippen LogP contribution in [0.25, 0.3) is 11.0 Å². The van der Waals surface area contributed by atoms with Crippen LogP contribution in [0.3, 0.4) is 0 Å². The van der Waals surface area contributed by atoms with Crippen LogP contribution in [0.1, 0.15) is 18.4 Å². The number of nitrogens with one attached hydrogen (secondary N) is 2. The molecule has 1 aromatic heterocycles. The number of rotatable bonds is 7. The minimum absolute atomic E-state index is 0.0911. The van der Waals surface area contributed by atoms with E-state index in [1.165, 1.54) is 6.08 Å². The van der Waals surface area contributed by atoms with Crippen molar-refractivity contribution in [1.82, 2.24) is 15.5 Å². The van der Waals surface area contributed by atoms with Crippen LogP contribution in [0, 0.1) is 0 Å². The Bertz CT molecular complexity index is 853. The first kappa shape index (κ1) is 20.0. The van der Waals surface area contributed by atoms with Crippen molar-refractivity contribution >= 4 is 30.0 Å². The first-order chi connectivity index (χ1) is 13.5. The molecule has 2 aromatic rings. The van der Waals surface area contributed by atoms with Crippen molar-refractivity contribution in [3.8, 4) is 0 Å². The Morgan fingerprint density at radius 2 is 2.18 bits per heavy atom. The lowest BCUT2D eigenvalue weighted by Gasteiger charge is -2.24. The minimum Gasteiger partial charge on any atom is -0.464 e. The molecule has 2 atom stereocenters. The monoisotopic (exact) mass is 385 g/mol. The summed E-state index contributed by atoms with van der Waals surface area (Å²) >= 11 is 0. The van der Waals surface area contributed by atoms with Gasteiger partial charge < -0.3 is 30.0 Å². The Hall–Kier alpha value is -2.78. The van der Waals surface area contributed by atoms with Gasteiger partial charge in [0.15, 0.2) is 0 Å². The second-order valence-electron chi connectivity index (χ2n) is 6.87. The molecule has 28 heavy (non-hydrogen) atoms. The quantitative estimate of drug-likeness (QED) is 0.416. The number of para-hydroxylation sites is 1. The van der Waals surface area contributed by atoms with Crippen molar-refractivity contribution in [2.45, 2.75) is 31.2 Å². The summed E-state index contributed by atoms with van der Waals surface area (Å²) in [7, 11) is -1.73. The lowest BCUT2D eigenvalue weighted by molar-refractivity contribution is -0.126. The van der Waals surface area contributed by atoms with E-state index in [9.17, 15) is 19.6 Å². The molecule has 1 aromatic carbocycles. The molecule has 9 heteroatoms. The van der Waals surface area contributed by atoms with Crippen LogP contribution < -0.4 is 10.6 Å². The summed E-state index contributed by atoms with van der Waals surface area (Å²) in [6, 6.07) is 6.80. The van der Waals surface area contributed by atoms with Gasteiger partial charge in [-0.15, -0.1) is 0 Å². The number of hydrogen-bond acceptors (Lipinski definition) is 5. The van der Waals surface area contributed by atoms with E-state index in [0.717, 1.165) is 23.8 Å². The smallest absolute Gasteiger partial charge is 0.464 e. The molecular weight excluding hydrogens is 361 g/mol. The van der Waals surface area contributed by atoms with Gasteiger partial charge in [0.25, 0.3) is 0 Å². The summed E-state index contributed by atoms with van der Waals surface area (Å²) in [4.78, 5) is 25.8. The third-order valence-electron chi connectivity index (χ3n) is 5.01. The summed E-state index contributed by atoms with van der Waals surface area (Å²) in [6.07, 6.45) is 4.70. The van der Waals surface area contributed by atoms with Gasteiger partial charge in [-0.25, -0.2) is 4.79 Å². The maximum atomic E-state index is 12.3. The number of fused-ring (bicyclic) bond motifs is 1. The van der Waals surface area contributed by atoms with Crippen LogP contribution in [0.2, 0.25) is 0 Å². The Morgan fingerprint density at radius 3 is 2.93 bits per heavy atom. The van der Waals surface area contributed by atoms with E-state index in [2.05, 4.69) is 17.2 Å². The summed E-state index contributed by atoms with van der Waals surface area (Å²) in [5.74, 6) is -1.06. The van der Waals surface area contributed by atoms with Gasteiger partial charge in [-0.2, -0.15) is 0 Å². The second kappa shape index (κ2) is 8.94. The molecule has 3 amide bonds. The molecule has 0 spiro atoms. The molecule has 3 rings (SSSR count). The third-order valence-corrected chi connectivity index (χ3v) is 5.01. The molecule has 0 bridgehead atoms. The average molecular weight is 385 g/mol. The lowest BCUT2D eigenvalue weighted by atomic mass is 9.76. The second-order valence-corrected chi connectivity index (χ2v) is 6.87. The van der Waals surface area contributed by atoms with Crippen LogP contribution in [-0.4, -0.2) is 59.1 Å². The molecule has 2 heterocycles. The van der Waals surface area contributed by atoms with Gasteiger partial charge in [-0.05, 0) is 37.0 Å². The normalized spacial score (nSPS) is 17.4. The number of carbonyl (C=O) groups is 2. The zero-order valence-electron chi connectivity index (χ0n) is 15.5. The number of urea groups is 1. The predicted octanol–water partition coefficient (Wildman–Crippen LogP) is 0.832. The lowest BCUT2D eigenvalue weighted by Crippen LogP contribution is -2.53. The molecule has 1 aliphatic rings. The number of likely N-dealkylation sites (tertiary alicyclic amines) is 1. The molecule has 0 aliphatic carbocycles. The summed E-state index contributed by atoms with van der Waals surface area (Å²) in [5, 5.41) is 25.5. The predicted molar refractivity (Wildman–Crippen MR) is 105 cm³/mol. The Morgan fingerprint density at radius 1 is 1.39 bits per heavy atom. The fourth-order valence-corrected chi connectivity index (χ4v) is 3.54. The molecule has 1 unspecified atom stereocenters. The van der Waals surface area contributed by atoms with Crippen molar-refractivity contribution in [3.05, 3.63) is 48.7 Å². The molecule has 4 N–H and O–H groups in total. The third kappa shape index (κ3) is 4.55. The van der Waals surface area contributed by atoms with Gasteiger partial charge in [0.1, 0.15) is 5.58 Å². The van der Waals surface area contributed by atoms with Crippen LogP contribution in [0.5, 0.6) is 0 Å². The topological polar surface area (TPSA) is 115 Å². The van der Waals surface area contributed by atoms with Gasteiger partial charge in [-0.1, -0.05) is 24.8 Å². The van der Waals surface area contributed by atoms with Crippen molar-refractivity contribution in [3.63, 3.8) is 0 Å². The van der Waals surface area contributed by atoms with Crippen LogP contribution in [-0.2, 0) is 11.2 Å². The number of carbonyl (C=O) groups excluding carboxylic acids is 2. The highest BCUT2D eigenvalue weighted by atomic mass is 16.4. The fourth-order valence-electron chi connectivity index (χ4n) is 3.54. The zero-order chi connectivity index (χ0) is 20.1. The Balaban J connectivity index is 1.57. The zero-order valence-corrected chi connectivity index (χ0v) is 15.5. The van der Waals surface area contributed by atoms with Gasteiger partial charge in [0.05, 0.1) is 12.2 Å². The van der Waals surface area contributed by atoms with Crippen molar-refractivity contribution in [2.24, 2.45) is 0 Å². The Kier molecular flexibility index (Phi) is 6.38. The van der Waals surface area contributed by atoms with E-state index in [1.807, 2.05) is 24.3 Å². The first-order valence-electron chi connectivity index (χ1n) is 9.28. The summed E-state index contributed by atoms with van der Waals surface area (Å²) < 4.78 is 5.46. The highest BCUT2D eigenvalue weighted by Crippen LogP contribution is 2.22. The largest absolute Gasteiger partial charge is 0.475 e. The number of furan rings is 1. The first-order valence-corrected chi connectivity index (χ1v) is 9.28. The van der Waals surface area contributed by atoms with Crippen LogP contribution >= 0.6 is 0 Å². The van der Waals surface area contributed by atoms with Gasteiger partial charge >= 0.3 is 13.1 Å². The molecule has 1 fully saturated rings. The highest BCUT2D eigenvalue weighted by molar-refractivity contribution is 6.43. The number of benzene rings is 1. The number of nitrogens with zero attached hydrogens (tertiary/aromatic N) is 1. The van der Waals surface area contributed by atoms with E-state index in [4.69, 9.17) is 4.42 Å². The van der Waals surface area contributed by atoms with Crippen molar-refractivity contribution in [2.75, 3.05) is 13.1 Å². The number of hydrogen-bond donors (Lipinski definition) is 4. The SMILES string of the molecule is C=CC(=O)N1CCC[C@@H]1CNC(=O)NC(Cc1coc2ccccc12)B(O)O. The standard InChI is InChI=1S/C19H24BN3O5/c1-2-18(24)23-9-5-6-14(23)11-21-19(25)22-17(20(26)27)10-13-12-28-16-8-4-3-7-15(13)16/h2-4,7-8,12,14,17,26-27H,1,5-6,9-11H2,(H2,21,22,25)/t14-,17?/m1/s1. The van der Waals surface area contributed by atoms with Gasteiger partial charge in [-0.3, -0.25) is 4.79 Å². The molecule has 148 valence electrons. The summed E-state index contributed by atoms with van der Waals surface area (Å²) in [5.41, 5.74) is 1.47. The summed E-state index contributed by atoms with van der Waals surface area (Å²) in [6.45, 7) is 4.43. The fraction of sp³-hybridized carbons (Fsp3) is 0.368. The molecule has 0 radical (unpaired) electrons. The number of amides is 3. The molecule has 8 nitrogen and oxygen atoms in total. The van der Waals surface area contributed by atoms with Gasteiger partial charge in [0, 0.05) is 24.5 Å². The maximum Gasteiger partial charge on any atom is 0.475 e. The van der Waals surface area contributed by atoms with Crippen molar-refractivity contribution < 1.29 is 24.1 Å². The Labute approximate surface area is 163 Å². The van der Waals surface area contributed by atoms with Crippen LogP contribution in [0.15, 0.2) is 47.6 Å². The molecule has 1 saturated heterocycles. The van der Waals surface area contributed by atoms with Crippen LogP contribution in [0.4, 0.5) is 4.79 Å². The van der Waals surface area contributed by atoms with E-state index >= 15 is 0 Å². The average Bonchev–Trinajstić information content (AvgIpc) is 3.32. The van der Waals surface area contributed by atoms with Gasteiger partial charge in [0.2, 0.25) is 5.91 Å². The maximum absolute atomic E-state index is 12.3. The van der Waals surface area contributed by atoms with E-state index < -0.39 is 19.1 Å². The molecule has 0 saturated carbocycles. The highest BCUT2D eigenvalue weighted by Gasteiger charge is 2.29. The van der Waals surface area contributed by atoms with Crippen molar-refractivity contribution in [1.29, 1.82) is 0 Å². The van der Waals surface area contributed by atoms with E-state index in [0.29, 0.717) is 12.1 Å². The molecular formula is C19H24BN3O5.